The van der Waals surface area contributed by atoms with Gasteiger partial charge in [0.1, 0.15) is 5.75 Å². The van der Waals surface area contributed by atoms with E-state index in [-0.39, 0.29) is 36.0 Å². The Labute approximate surface area is 182 Å². The zero-order valence-corrected chi connectivity index (χ0v) is 19.9. The summed E-state index contributed by atoms with van der Waals surface area (Å²) in [6.07, 6.45) is 2.88. The SMILES string of the molecule is CCNC(=NCc1ccc(OCC)c(C)c1)NCC(CC)(CC)CCO.I. The quantitative estimate of drug-likeness (QED) is 0.246. The number of ether oxygens (including phenoxy) is 1. The molecule has 0 aliphatic carbocycles. The van der Waals surface area contributed by atoms with E-state index in [4.69, 9.17) is 9.73 Å². The maximum absolute atomic E-state index is 9.39. The lowest BCUT2D eigenvalue weighted by Crippen LogP contribution is -2.43. The van der Waals surface area contributed by atoms with Crippen molar-refractivity contribution in [1.82, 2.24) is 10.6 Å². The Bertz CT molecular complexity index is 560. The van der Waals surface area contributed by atoms with Gasteiger partial charge in [-0.2, -0.15) is 0 Å². The summed E-state index contributed by atoms with van der Waals surface area (Å²) in [5, 5.41) is 16.2. The van der Waals surface area contributed by atoms with Crippen LogP contribution < -0.4 is 15.4 Å². The van der Waals surface area contributed by atoms with Crippen LogP contribution in [0.2, 0.25) is 0 Å². The molecule has 156 valence electrons. The van der Waals surface area contributed by atoms with Gasteiger partial charge in [0, 0.05) is 19.7 Å². The van der Waals surface area contributed by atoms with E-state index in [1.54, 1.807) is 0 Å². The van der Waals surface area contributed by atoms with Gasteiger partial charge in [0.2, 0.25) is 0 Å². The first-order valence-corrected chi connectivity index (χ1v) is 9.89. The van der Waals surface area contributed by atoms with E-state index >= 15 is 0 Å². The van der Waals surface area contributed by atoms with E-state index in [1.165, 1.54) is 0 Å². The average Bonchev–Trinajstić information content (AvgIpc) is 2.65. The highest BCUT2D eigenvalue weighted by Gasteiger charge is 2.25. The van der Waals surface area contributed by atoms with Gasteiger partial charge in [-0.15, -0.1) is 24.0 Å². The third kappa shape index (κ3) is 8.68. The molecule has 0 saturated heterocycles. The molecule has 1 rings (SSSR count). The van der Waals surface area contributed by atoms with E-state index in [2.05, 4.69) is 50.5 Å². The van der Waals surface area contributed by atoms with E-state index in [1.807, 2.05) is 13.0 Å². The van der Waals surface area contributed by atoms with E-state index < -0.39 is 0 Å². The lowest BCUT2D eigenvalue weighted by atomic mass is 9.79. The van der Waals surface area contributed by atoms with Crippen molar-refractivity contribution in [2.75, 3.05) is 26.3 Å². The Balaban J connectivity index is 0.00000676. The maximum Gasteiger partial charge on any atom is 0.191 e. The summed E-state index contributed by atoms with van der Waals surface area (Å²) in [7, 11) is 0. The number of halogens is 1. The first-order chi connectivity index (χ1) is 12.5. The third-order valence-corrected chi connectivity index (χ3v) is 5.08. The molecule has 0 fully saturated rings. The van der Waals surface area contributed by atoms with Gasteiger partial charge in [-0.05, 0) is 62.6 Å². The van der Waals surface area contributed by atoms with E-state index in [9.17, 15) is 5.11 Å². The number of guanidine groups is 1. The van der Waals surface area contributed by atoms with Gasteiger partial charge in [-0.3, -0.25) is 0 Å². The molecule has 6 heteroatoms. The number of hydrogen-bond donors (Lipinski definition) is 3. The van der Waals surface area contributed by atoms with Gasteiger partial charge in [-0.1, -0.05) is 26.0 Å². The predicted molar refractivity (Wildman–Crippen MR) is 125 cm³/mol. The molecule has 1 aromatic rings. The van der Waals surface area contributed by atoms with Crippen LogP contribution >= 0.6 is 24.0 Å². The van der Waals surface area contributed by atoms with Gasteiger partial charge in [-0.25, -0.2) is 4.99 Å². The molecule has 0 aliphatic rings. The number of aliphatic imine (C=N–C) groups is 1. The summed E-state index contributed by atoms with van der Waals surface area (Å²) < 4.78 is 5.60. The molecule has 0 spiro atoms. The molecule has 0 radical (unpaired) electrons. The van der Waals surface area contributed by atoms with Crippen LogP contribution in [0.3, 0.4) is 0 Å². The fourth-order valence-electron chi connectivity index (χ4n) is 3.09. The topological polar surface area (TPSA) is 65.9 Å². The number of benzene rings is 1. The van der Waals surface area contributed by atoms with Gasteiger partial charge >= 0.3 is 0 Å². The lowest BCUT2D eigenvalue weighted by molar-refractivity contribution is 0.169. The molecular weight excluding hydrogens is 453 g/mol. The van der Waals surface area contributed by atoms with Crippen molar-refractivity contribution in [3.05, 3.63) is 29.3 Å². The lowest BCUT2D eigenvalue weighted by Gasteiger charge is -2.32. The standard InChI is InChI=1S/C21H37N3O2.HI/c1-6-21(7-2,12-13-25)16-24-20(22-8-3)23-15-18-10-11-19(26-9-4)17(5)14-18;/h10-11,14,25H,6-9,12-13,15-16H2,1-5H3,(H2,22,23,24);1H. The molecule has 1 aromatic carbocycles. The molecule has 0 amide bonds. The molecule has 3 N–H and O–H groups in total. The second kappa shape index (κ2) is 14.0. The number of aliphatic hydroxyl groups excluding tert-OH is 1. The highest BCUT2D eigenvalue weighted by Crippen LogP contribution is 2.29. The highest BCUT2D eigenvalue weighted by molar-refractivity contribution is 14.0. The van der Waals surface area contributed by atoms with Crippen LogP contribution in [0.1, 0.15) is 58.1 Å². The van der Waals surface area contributed by atoms with Crippen molar-refractivity contribution in [3.8, 4) is 5.75 Å². The smallest absolute Gasteiger partial charge is 0.191 e. The highest BCUT2D eigenvalue weighted by atomic mass is 127. The van der Waals surface area contributed by atoms with Crippen molar-refractivity contribution in [2.45, 2.75) is 60.4 Å². The van der Waals surface area contributed by atoms with E-state index in [0.717, 1.165) is 55.2 Å². The van der Waals surface area contributed by atoms with Crippen molar-refractivity contribution < 1.29 is 9.84 Å². The van der Waals surface area contributed by atoms with Crippen LogP contribution in [0.4, 0.5) is 0 Å². The van der Waals surface area contributed by atoms with Crippen LogP contribution in [0.15, 0.2) is 23.2 Å². The number of hydrogen-bond acceptors (Lipinski definition) is 3. The minimum atomic E-state index is 0. The zero-order valence-electron chi connectivity index (χ0n) is 17.6. The van der Waals surface area contributed by atoms with Crippen molar-refractivity contribution >= 4 is 29.9 Å². The molecule has 0 unspecified atom stereocenters. The molecule has 0 bridgehead atoms. The Morgan fingerprint density at radius 1 is 1.15 bits per heavy atom. The second-order valence-electron chi connectivity index (χ2n) is 6.76. The summed E-state index contributed by atoms with van der Waals surface area (Å²) in [5.41, 5.74) is 2.41. The van der Waals surface area contributed by atoms with Crippen LogP contribution in [0.5, 0.6) is 5.75 Å². The number of aryl methyl sites for hydroxylation is 1. The van der Waals surface area contributed by atoms with Crippen LogP contribution in [-0.4, -0.2) is 37.4 Å². The Morgan fingerprint density at radius 2 is 1.85 bits per heavy atom. The predicted octanol–water partition coefficient (Wildman–Crippen LogP) is 4.26. The maximum atomic E-state index is 9.39. The van der Waals surface area contributed by atoms with Crippen molar-refractivity contribution in [2.24, 2.45) is 10.4 Å². The zero-order chi connectivity index (χ0) is 19.4. The molecule has 0 aromatic heterocycles. The summed E-state index contributed by atoms with van der Waals surface area (Å²) in [5.74, 6) is 1.76. The number of nitrogens with zero attached hydrogens (tertiary/aromatic N) is 1. The summed E-state index contributed by atoms with van der Waals surface area (Å²) >= 11 is 0. The molecule has 27 heavy (non-hydrogen) atoms. The Kier molecular flexibility index (Phi) is 13.5. The fraction of sp³-hybridized carbons (Fsp3) is 0.667. The van der Waals surface area contributed by atoms with Crippen molar-refractivity contribution in [3.63, 3.8) is 0 Å². The molecule has 0 saturated carbocycles. The Hall–Kier alpha value is -1.02. The molecule has 0 atom stereocenters. The minimum absolute atomic E-state index is 0. The average molecular weight is 491 g/mol. The van der Waals surface area contributed by atoms with Gasteiger partial charge in [0.15, 0.2) is 5.96 Å². The van der Waals surface area contributed by atoms with Crippen LogP contribution in [-0.2, 0) is 6.54 Å². The molecular formula is C21H38IN3O2. The first-order valence-electron chi connectivity index (χ1n) is 9.89. The van der Waals surface area contributed by atoms with Gasteiger partial charge in [0.05, 0.1) is 13.2 Å². The largest absolute Gasteiger partial charge is 0.494 e. The third-order valence-electron chi connectivity index (χ3n) is 5.08. The van der Waals surface area contributed by atoms with Gasteiger partial charge < -0.3 is 20.5 Å². The molecule has 0 heterocycles. The fourth-order valence-corrected chi connectivity index (χ4v) is 3.09. The Morgan fingerprint density at radius 3 is 2.37 bits per heavy atom. The van der Waals surface area contributed by atoms with Crippen molar-refractivity contribution in [1.29, 1.82) is 0 Å². The van der Waals surface area contributed by atoms with Crippen LogP contribution in [0, 0.1) is 12.3 Å². The number of rotatable bonds is 11. The number of aliphatic hydroxyl groups is 1. The second-order valence-corrected chi connectivity index (χ2v) is 6.76. The molecule has 5 nitrogen and oxygen atoms in total. The summed E-state index contributed by atoms with van der Waals surface area (Å²) in [6.45, 7) is 13.7. The normalized spacial score (nSPS) is 11.7. The summed E-state index contributed by atoms with van der Waals surface area (Å²) in [4.78, 5) is 4.72. The van der Waals surface area contributed by atoms with E-state index in [0.29, 0.717) is 13.2 Å². The van der Waals surface area contributed by atoms with Crippen LogP contribution in [0.25, 0.3) is 0 Å². The molecule has 0 aliphatic heterocycles. The first kappa shape index (κ1) is 26.0. The van der Waals surface area contributed by atoms with Gasteiger partial charge in [0.25, 0.3) is 0 Å². The minimum Gasteiger partial charge on any atom is -0.494 e. The summed E-state index contributed by atoms with van der Waals surface area (Å²) in [6, 6.07) is 6.22. The number of nitrogens with one attached hydrogen (secondary N) is 2. The monoisotopic (exact) mass is 491 g/mol.